The predicted octanol–water partition coefficient (Wildman–Crippen LogP) is 15.3. The van der Waals surface area contributed by atoms with Gasteiger partial charge in [0.25, 0.3) is 0 Å². The molecule has 11 atom stereocenters. The third kappa shape index (κ3) is 45.2. The average Bonchev–Trinajstić information content (AvgIpc) is 0.823. The maximum atomic E-state index is 14.2. The number of hydrogen-bond donors (Lipinski definition) is 6. The first-order valence-electron chi connectivity index (χ1n) is 37.0. The Morgan fingerprint density at radius 1 is 0.452 bits per heavy atom. The van der Waals surface area contributed by atoms with Crippen molar-refractivity contribution in [2.75, 3.05) is 60.5 Å². The molecule has 0 aromatic rings. The van der Waals surface area contributed by atoms with Crippen LogP contribution < -0.4 is 5.32 Å². The summed E-state index contributed by atoms with van der Waals surface area (Å²) < 4.78 is 91.5. The van der Waals surface area contributed by atoms with E-state index in [9.17, 15) is 43.4 Å². The van der Waals surface area contributed by atoms with E-state index in [2.05, 4.69) is 45.2 Å². The van der Waals surface area contributed by atoms with E-state index in [1.807, 2.05) is 0 Å². The fourth-order valence-electron chi connectivity index (χ4n) is 12.2. The van der Waals surface area contributed by atoms with Gasteiger partial charge in [-0.2, -0.15) is 0 Å². The van der Waals surface area contributed by atoms with Crippen LogP contribution in [0.25, 0.3) is 0 Å². The summed E-state index contributed by atoms with van der Waals surface area (Å²) in [6.07, 6.45) is 35.0. The van der Waals surface area contributed by atoms with Gasteiger partial charge in [-0.05, 0) is 57.8 Å². The molecule has 1 amide bonds. The van der Waals surface area contributed by atoms with Crippen LogP contribution in [0.15, 0.2) is 12.2 Å². The topological polar surface area (TPSA) is 283 Å². The quantitative estimate of drug-likeness (QED) is 0.0187. The Kier molecular flexibility index (Phi) is 54.2. The molecule has 23 heteroatoms. The van der Waals surface area contributed by atoms with Crippen LogP contribution in [0.4, 0.5) is 0 Å². The van der Waals surface area contributed by atoms with Gasteiger partial charge < -0.3 is 72.6 Å². The van der Waals surface area contributed by atoms with Crippen LogP contribution in [0.5, 0.6) is 0 Å². The molecular weight excluding hydrogens is 1240 g/mol. The Bertz CT molecular complexity index is 1900. The molecule has 0 unspecified atom stereocenters. The van der Waals surface area contributed by atoms with Crippen LogP contribution in [0.2, 0.25) is 0 Å². The van der Waals surface area contributed by atoms with Crippen molar-refractivity contribution in [2.24, 2.45) is 0 Å². The Morgan fingerprint density at radius 2 is 0.935 bits per heavy atom. The van der Waals surface area contributed by atoms with Crippen LogP contribution in [0.3, 0.4) is 0 Å². The largest absolute Gasteiger partial charge is 0.470 e. The molecule has 2 fully saturated rings. The number of aliphatic hydroxyl groups is 1. The highest BCUT2D eigenvalue weighted by Gasteiger charge is 2.53. The molecule has 21 nitrogen and oxygen atoms in total. The zero-order chi connectivity index (χ0) is 68.1. The molecule has 0 aromatic heterocycles. The highest BCUT2D eigenvalue weighted by Crippen LogP contribution is 2.43. The van der Waals surface area contributed by atoms with Gasteiger partial charge in [-0.15, -0.1) is 0 Å². The van der Waals surface area contributed by atoms with E-state index in [0.29, 0.717) is 25.7 Å². The monoisotopic (exact) mass is 1370 g/mol. The number of carbonyl (C=O) groups excluding carboxylic acids is 2. The van der Waals surface area contributed by atoms with Crippen molar-refractivity contribution < 1.29 is 95.1 Å². The number of allylic oxidation sites excluding steroid dienone is 2. The Morgan fingerprint density at radius 3 is 1.47 bits per heavy atom. The summed E-state index contributed by atoms with van der Waals surface area (Å²) in [5.41, 5.74) is 0. The zero-order valence-electron chi connectivity index (χ0n) is 58.9. The summed E-state index contributed by atoms with van der Waals surface area (Å²) in [5.74, 6) is -0.348. The molecule has 2 aliphatic heterocycles. The van der Waals surface area contributed by atoms with Crippen molar-refractivity contribution in [1.82, 2.24) is 5.32 Å². The van der Waals surface area contributed by atoms with E-state index in [1.165, 1.54) is 97.0 Å². The zero-order valence-corrected chi connectivity index (χ0v) is 60.7. The lowest BCUT2D eigenvalue weighted by Gasteiger charge is -2.47. The number of Topliss-reactive ketones (excluding diaryl/α,β-unsaturated/α-hetero) is 1. The van der Waals surface area contributed by atoms with Crippen molar-refractivity contribution in [3.8, 4) is 0 Å². The second kappa shape index (κ2) is 57.5. The summed E-state index contributed by atoms with van der Waals surface area (Å²) in [6.45, 7) is 7.47. The first kappa shape index (κ1) is 87.8. The van der Waals surface area contributed by atoms with Crippen LogP contribution in [0.1, 0.15) is 297 Å². The summed E-state index contributed by atoms with van der Waals surface area (Å²) in [7, 11) is -7.09. The molecule has 550 valence electrons. The minimum Gasteiger partial charge on any atom is -0.387 e. The second-order valence-electron chi connectivity index (χ2n) is 26.0. The number of hydrogen-bond acceptors (Lipinski definition) is 16. The molecule has 2 saturated heterocycles. The van der Waals surface area contributed by atoms with Gasteiger partial charge in [0.1, 0.15) is 54.6 Å². The maximum absolute atomic E-state index is 14.2. The SMILES string of the molecule is CCCCCC/C=C\CCCCCCCCCC(=O)N[C@H]1[C@H](OC[C@H]2O[C@@H](OCCOP(=O)(O)O)[C@H](OCCC(=O)CCCCCCCCCCC)[C@@H](OCCCCCCCCCCCC)[C@@H]2O)O[C@H](COC)[C@@H](OP(=O)(O)O)[C@@H]1OCC[C@@H](CCCCCCC)OC. The third-order valence-electron chi connectivity index (χ3n) is 17.7. The summed E-state index contributed by atoms with van der Waals surface area (Å²) in [6, 6.07) is -1.24. The molecule has 0 radical (unpaired) electrons. The normalized spacial score (nSPS) is 22.5. The Balaban J connectivity index is 2.47. The maximum Gasteiger partial charge on any atom is 0.470 e. The van der Waals surface area contributed by atoms with Crippen molar-refractivity contribution >= 4 is 27.3 Å². The van der Waals surface area contributed by atoms with E-state index >= 15 is 0 Å². The van der Waals surface area contributed by atoms with E-state index in [1.54, 1.807) is 7.11 Å². The van der Waals surface area contributed by atoms with Crippen LogP contribution in [-0.2, 0) is 70.4 Å². The number of phosphoric ester groups is 2. The van der Waals surface area contributed by atoms with Crippen LogP contribution >= 0.6 is 15.6 Å². The minimum absolute atomic E-state index is 0.0257. The summed E-state index contributed by atoms with van der Waals surface area (Å²) in [5, 5.41) is 15.5. The predicted molar refractivity (Wildman–Crippen MR) is 365 cm³/mol. The number of unbranched alkanes of at least 4 members (excludes halogenated alkanes) is 32. The number of carbonyl (C=O) groups is 2. The molecule has 2 aliphatic rings. The van der Waals surface area contributed by atoms with E-state index < -0.39 is 90.2 Å². The second-order valence-corrected chi connectivity index (χ2v) is 28.4. The van der Waals surface area contributed by atoms with Gasteiger partial charge >= 0.3 is 15.6 Å². The fraction of sp³-hybridized carbons (Fsp3) is 0.943. The first-order valence-corrected chi connectivity index (χ1v) is 40.1. The van der Waals surface area contributed by atoms with Gasteiger partial charge in [-0.25, -0.2) is 9.13 Å². The Hall–Kier alpha value is -1.30. The molecule has 0 saturated carbocycles. The van der Waals surface area contributed by atoms with Gasteiger partial charge in [0, 0.05) is 46.7 Å². The molecular formula is C70H135NO20P2. The number of amides is 1. The summed E-state index contributed by atoms with van der Waals surface area (Å²) >= 11 is 0. The molecule has 2 rings (SSSR count). The van der Waals surface area contributed by atoms with Gasteiger partial charge in [-0.3, -0.25) is 18.6 Å². The van der Waals surface area contributed by atoms with Crippen LogP contribution in [-0.4, -0.2) is 164 Å². The highest BCUT2D eigenvalue weighted by molar-refractivity contribution is 7.46. The third-order valence-corrected chi connectivity index (χ3v) is 18.7. The minimum atomic E-state index is -5.24. The lowest BCUT2D eigenvalue weighted by atomic mass is 9.95. The summed E-state index contributed by atoms with van der Waals surface area (Å²) in [4.78, 5) is 67.3. The number of ether oxygens (including phenoxy) is 9. The van der Waals surface area contributed by atoms with E-state index in [-0.39, 0.29) is 63.7 Å². The molecule has 0 aromatic carbocycles. The van der Waals surface area contributed by atoms with E-state index in [4.69, 9.17) is 51.7 Å². The Labute approximate surface area is 562 Å². The number of nitrogens with one attached hydrogen (secondary N) is 1. The van der Waals surface area contributed by atoms with Gasteiger partial charge in [-0.1, -0.05) is 232 Å². The molecule has 2 heterocycles. The molecule has 93 heavy (non-hydrogen) atoms. The van der Waals surface area contributed by atoms with Gasteiger partial charge in [0.2, 0.25) is 5.91 Å². The van der Waals surface area contributed by atoms with Crippen molar-refractivity contribution in [3.05, 3.63) is 12.2 Å². The van der Waals surface area contributed by atoms with Crippen molar-refractivity contribution in [2.45, 2.75) is 365 Å². The number of methoxy groups -OCH3 is 2. The van der Waals surface area contributed by atoms with Gasteiger partial charge in [0.05, 0.1) is 39.1 Å². The number of ketones is 1. The number of aliphatic hydroxyl groups excluding tert-OH is 1. The molecule has 6 N–H and O–H groups in total. The number of rotatable bonds is 65. The highest BCUT2D eigenvalue weighted by atomic mass is 31.2. The number of phosphoric acid groups is 2. The fourth-order valence-corrected chi connectivity index (χ4v) is 13.1. The smallest absolute Gasteiger partial charge is 0.387 e. The van der Waals surface area contributed by atoms with Crippen molar-refractivity contribution in [3.63, 3.8) is 0 Å². The standard InChI is InChI=1S/C70H135NO20P2/c1-7-11-15-19-22-25-27-28-29-30-31-33-36-40-44-48-62(73)71-63-66(84-53-50-59(82-6)47-43-38-18-14-10-4)65(91-93(78,79)80)61(56-81-5)90-69(63)87-57-60-64(74)67(83-51-45-41-37-34-26-23-20-16-12-8-2)68(70(89-60)86-54-55-88-92(75,76)77)85-52-49-58(72)46-42-39-35-32-24-21-17-13-9-3/h25,27,59-61,63-70,74H,7-24,26,28-57H2,1-6H3,(H,71,73)(H2,75,76,77)(H2,78,79,80)/b27-25-/t59-,60-,61-,63-,64-,65-,66-,67+,68-,69-,70-/m1/s1. The lowest BCUT2D eigenvalue weighted by Crippen LogP contribution is -2.67. The molecule has 0 aliphatic carbocycles. The van der Waals surface area contributed by atoms with Crippen LogP contribution in [0, 0.1) is 0 Å². The first-order chi connectivity index (χ1) is 45.0. The van der Waals surface area contributed by atoms with Gasteiger partial charge in [0.15, 0.2) is 12.6 Å². The molecule has 0 bridgehead atoms. The lowest BCUT2D eigenvalue weighted by molar-refractivity contribution is -0.331. The van der Waals surface area contributed by atoms with Crippen molar-refractivity contribution in [1.29, 1.82) is 0 Å². The molecule has 0 spiro atoms. The average molecular weight is 1370 g/mol. The van der Waals surface area contributed by atoms with E-state index in [0.717, 1.165) is 141 Å².